The van der Waals surface area contributed by atoms with Gasteiger partial charge in [0.25, 0.3) is 0 Å². The number of halogens is 2. The number of nitrogens with one attached hydrogen (secondary N) is 1. The lowest BCUT2D eigenvalue weighted by atomic mass is 9.92. The summed E-state index contributed by atoms with van der Waals surface area (Å²) in [6.07, 6.45) is 1.76. The third-order valence-corrected chi connectivity index (χ3v) is 3.27. The van der Waals surface area contributed by atoms with E-state index >= 15 is 0 Å². The number of carbonyl (C=O) groups is 1. The summed E-state index contributed by atoms with van der Waals surface area (Å²) in [5, 5.41) is 2.85. The molecule has 4 nitrogen and oxygen atoms in total. The molecule has 0 bridgehead atoms. The topological polar surface area (TPSA) is 68.0 Å². The molecule has 0 aliphatic carbocycles. The molecule has 22 heavy (non-hydrogen) atoms. The largest absolute Gasteiger partial charge is 0.350 e. The highest BCUT2D eigenvalue weighted by atomic mass is 35.5. The Kier molecular flexibility index (Phi) is 8.09. The summed E-state index contributed by atoms with van der Waals surface area (Å²) in [5.41, 5.74) is 7.79. The van der Waals surface area contributed by atoms with Crippen LogP contribution in [0.25, 0.3) is 0 Å². The number of nitrogens with zero attached hydrogens (tertiary/aromatic N) is 1. The molecule has 1 heterocycles. The van der Waals surface area contributed by atoms with Gasteiger partial charge in [0.05, 0.1) is 0 Å². The van der Waals surface area contributed by atoms with Crippen molar-refractivity contribution in [3.63, 3.8) is 0 Å². The Morgan fingerprint density at radius 2 is 1.82 bits per heavy atom. The smallest absolute Gasteiger partial charge is 0.244 e. The number of hydrogen-bond donors (Lipinski definition) is 2. The minimum atomic E-state index is -1.04. The number of carbonyl (C=O) groups excluding carboxylic acids is 1. The third-order valence-electron chi connectivity index (χ3n) is 3.27. The molecule has 0 aliphatic rings. The summed E-state index contributed by atoms with van der Waals surface area (Å²) in [6.45, 7) is 4.06. The molecule has 3 N–H and O–H groups in total. The average Bonchev–Trinajstić information content (AvgIpc) is 2.47. The lowest BCUT2D eigenvalue weighted by Gasteiger charge is -2.24. The van der Waals surface area contributed by atoms with Crippen molar-refractivity contribution in [3.8, 4) is 0 Å². The van der Waals surface area contributed by atoms with Gasteiger partial charge in [0.1, 0.15) is 5.54 Å². The summed E-state index contributed by atoms with van der Waals surface area (Å²) in [7, 11) is 0. The van der Waals surface area contributed by atoms with E-state index in [4.69, 9.17) is 5.73 Å². The number of benzene rings is 1. The zero-order valence-corrected chi connectivity index (χ0v) is 14.2. The summed E-state index contributed by atoms with van der Waals surface area (Å²) >= 11 is 0. The first-order valence-corrected chi connectivity index (χ1v) is 6.54. The van der Waals surface area contributed by atoms with Crippen molar-refractivity contribution in [3.05, 3.63) is 65.5 Å². The SMILES string of the molecule is Cc1ccc(CNC(=O)C(C)(N)c2ccccc2)cn1.Cl.Cl. The second-order valence-electron chi connectivity index (χ2n) is 5.06. The molecule has 1 aromatic carbocycles. The lowest BCUT2D eigenvalue weighted by molar-refractivity contribution is -0.126. The Morgan fingerprint density at radius 1 is 1.18 bits per heavy atom. The van der Waals surface area contributed by atoms with E-state index in [9.17, 15) is 4.79 Å². The first-order valence-electron chi connectivity index (χ1n) is 6.54. The Labute approximate surface area is 143 Å². The molecular weight excluding hydrogens is 321 g/mol. The molecule has 1 unspecified atom stereocenters. The van der Waals surface area contributed by atoms with Crippen LogP contribution in [-0.2, 0) is 16.9 Å². The summed E-state index contributed by atoms with van der Waals surface area (Å²) in [6, 6.07) is 13.2. The number of nitrogens with two attached hydrogens (primary N) is 1. The van der Waals surface area contributed by atoms with Gasteiger partial charge in [-0.25, -0.2) is 0 Å². The van der Waals surface area contributed by atoms with E-state index in [0.717, 1.165) is 16.8 Å². The molecule has 0 aliphatic heterocycles. The Balaban J connectivity index is 0.00000220. The molecule has 6 heteroatoms. The predicted octanol–water partition coefficient (Wildman–Crippen LogP) is 2.72. The maximum Gasteiger partial charge on any atom is 0.244 e. The van der Waals surface area contributed by atoms with Crippen molar-refractivity contribution in [1.82, 2.24) is 10.3 Å². The quantitative estimate of drug-likeness (QED) is 0.898. The highest BCUT2D eigenvalue weighted by Crippen LogP contribution is 2.17. The first kappa shape index (κ1) is 20.4. The van der Waals surface area contributed by atoms with Gasteiger partial charge in [0, 0.05) is 18.4 Å². The highest BCUT2D eigenvalue weighted by molar-refractivity contribution is 5.87. The van der Waals surface area contributed by atoms with Crippen molar-refractivity contribution in [2.24, 2.45) is 5.73 Å². The molecule has 120 valence electrons. The molecule has 0 radical (unpaired) electrons. The van der Waals surface area contributed by atoms with Crippen molar-refractivity contribution >= 4 is 30.7 Å². The van der Waals surface area contributed by atoms with Gasteiger partial charge < -0.3 is 11.1 Å². The molecule has 0 fully saturated rings. The van der Waals surface area contributed by atoms with Gasteiger partial charge in [-0.3, -0.25) is 9.78 Å². The van der Waals surface area contributed by atoms with Crippen LogP contribution in [0.3, 0.4) is 0 Å². The van der Waals surface area contributed by atoms with Crippen LogP contribution in [0.2, 0.25) is 0 Å². The van der Waals surface area contributed by atoms with Gasteiger partial charge in [0.15, 0.2) is 0 Å². The molecule has 0 spiro atoms. The van der Waals surface area contributed by atoms with Crippen molar-refractivity contribution < 1.29 is 4.79 Å². The van der Waals surface area contributed by atoms with Gasteiger partial charge in [-0.15, -0.1) is 24.8 Å². The molecule has 2 aromatic rings. The van der Waals surface area contributed by atoms with Gasteiger partial charge in [-0.05, 0) is 31.0 Å². The predicted molar refractivity (Wildman–Crippen MR) is 93.3 cm³/mol. The van der Waals surface area contributed by atoms with Crippen LogP contribution in [0.15, 0.2) is 48.7 Å². The minimum absolute atomic E-state index is 0. The van der Waals surface area contributed by atoms with Gasteiger partial charge in [0.2, 0.25) is 5.91 Å². The van der Waals surface area contributed by atoms with E-state index in [-0.39, 0.29) is 30.7 Å². The van der Waals surface area contributed by atoms with Crippen LogP contribution in [0, 0.1) is 6.92 Å². The lowest BCUT2D eigenvalue weighted by Crippen LogP contribution is -2.48. The molecule has 0 saturated heterocycles. The van der Waals surface area contributed by atoms with Crippen LogP contribution in [-0.4, -0.2) is 10.9 Å². The zero-order valence-electron chi connectivity index (χ0n) is 12.6. The monoisotopic (exact) mass is 341 g/mol. The summed E-state index contributed by atoms with van der Waals surface area (Å²) in [5.74, 6) is -0.204. The number of aryl methyl sites for hydroxylation is 1. The Morgan fingerprint density at radius 3 is 2.36 bits per heavy atom. The van der Waals surface area contributed by atoms with E-state index in [2.05, 4.69) is 10.3 Å². The molecule has 2 rings (SSSR count). The maximum atomic E-state index is 12.2. The normalized spacial score (nSPS) is 12.3. The number of rotatable bonds is 4. The summed E-state index contributed by atoms with van der Waals surface area (Å²) in [4.78, 5) is 16.4. The highest BCUT2D eigenvalue weighted by Gasteiger charge is 2.29. The van der Waals surface area contributed by atoms with E-state index in [0.29, 0.717) is 6.54 Å². The van der Waals surface area contributed by atoms with Crippen LogP contribution in [0.1, 0.15) is 23.7 Å². The van der Waals surface area contributed by atoms with E-state index in [1.165, 1.54) is 0 Å². The number of pyridine rings is 1. The Hall–Kier alpha value is -1.62. The van der Waals surface area contributed by atoms with Gasteiger partial charge in [-0.2, -0.15) is 0 Å². The van der Waals surface area contributed by atoms with Crippen LogP contribution in [0.4, 0.5) is 0 Å². The minimum Gasteiger partial charge on any atom is -0.350 e. The molecular formula is C16H21Cl2N3O. The van der Waals surface area contributed by atoms with Crippen molar-refractivity contribution in [2.45, 2.75) is 25.9 Å². The second kappa shape index (κ2) is 8.73. The van der Waals surface area contributed by atoms with E-state index in [1.807, 2.05) is 49.4 Å². The molecule has 1 amide bonds. The van der Waals surface area contributed by atoms with Crippen molar-refractivity contribution in [2.75, 3.05) is 0 Å². The standard InChI is InChI=1S/C16H19N3O.2ClH/c1-12-8-9-13(10-18-12)11-19-15(20)16(2,17)14-6-4-3-5-7-14;;/h3-10H,11,17H2,1-2H3,(H,19,20);2*1H. The van der Waals surface area contributed by atoms with Crippen molar-refractivity contribution in [1.29, 1.82) is 0 Å². The average molecular weight is 342 g/mol. The first-order chi connectivity index (χ1) is 9.50. The molecule has 0 saturated carbocycles. The van der Waals surface area contributed by atoms with Crippen LogP contribution >= 0.6 is 24.8 Å². The fourth-order valence-corrected chi connectivity index (χ4v) is 1.88. The zero-order chi connectivity index (χ0) is 14.6. The fourth-order valence-electron chi connectivity index (χ4n) is 1.88. The van der Waals surface area contributed by atoms with Crippen LogP contribution < -0.4 is 11.1 Å². The van der Waals surface area contributed by atoms with E-state index in [1.54, 1.807) is 13.1 Å². The van der Waals surface area contributed by atoms with Crippen LogP contribution in [0.5, 0.6) is 0 Å². The third kappa shape index (κ3) is 4.98. The summed E-state index contributed by atoms with van der Waals surface area (Å²) < 4.78 is 0. The number of aromatic nitrogens is 1. The fraction of sp³-hybridized carbons (Fsp3) is 0.250. The number of amides is 1. The van der Waals surface area contributed by atoms with Gasteiger partial charge in [-0.1, -0.05) is 36.4 Å². The molecule has 1 atom stereocenters. The van der Waals surface area contributed by atoms with Gasteiger partial charge >= 0.3 is 0 Å². The molecule has 1 aromatic heterocycles. The second-order valence-corrected chi connectivity index (χ2v) is 5.06. The number of hydrogen-bond acceptors (Lipinski definition) is 3. The maximum absolute atomic E-state index is 12.2. The van der Waals surface area contributed by atoms with E-state index < -0.39 is 5.54 Å². The Bertz CT molecular complexity index is 586.